The molecule has 8 nitrogen and oxygen atoms in total. The van der Waals surface area contributed by atoms with Gasteiger partial charge in [-0.15, -0.1) is 0 Å². The van der Waals surface area contributed by atoms with Gasteiger partial charge in [0, 0.05) is 22.3 Å². The van der Waals surface area contributed by atoms with E-state index in [0.717, 1.165) is 36.4 Å². The second-order valence-corrected chi connectivity index (χ2v) is 7.87. The van der Waals surface area contributed by atoms with E-state index in [4.69, 9.17) is 9.11 Å². The molecule has 0 amide bonds. The van der Waals surface area contributed by atoms with Gasteiger partial charge in [-0.25, -0.2) is 0 Å². The minimum atomic E-state index is -4.59. The third-order valence-corrected chi connectivity index (χ3v) is 5.26. The Morgan fingerprint density at radius 1 is 0.615 bits per heavy atom. The van der Waals surface area contributed by atoms with Crippen molar-refractivity contribution in [1.82, 2.24) is 0 Å². The van der Waals surface area contributed by atoms with Gasteiger partial charge >= 0.3 is 59.1 Å². The molecule has 0 aromatic heterocycles. The molecule has 0 saturated heterocycles. The quantitative estimate of drug-likeness (QED) is 0.313. The Morgan fingerprint density at radius 2 is 0.923 bits per heavy atom. The predicted octanol–water partition coefficient (Wildman–Crippen LogP) is -4.81. The molecule has 0 atom stereocenters. The van der Waals surface area contributed by atoms with E-state index in [1.807, 2.05) is 0 Å². The number of fused-ring (bicyclic) bond motifs is 2. The number of hydrogen-bond donors (Lipinski definition) is 2. The summed E-state index contributed by atoms with van der Waals surface area (Å²) in [5.74, 6) is -1.40. The first-order valence-corrected chi connectivity index (χ1v) is 9.20. The summed E-state index contributed by atoms with van der Waals surface area (Å²) >= 11 is 0. The molecule has 2 N–H and O–H groups in total. The summed E-state index contributed by atoms with van der Waals surface area (Å²) in [5, 5.41) is 0. The topological polar surface area (TPSA) is 143 Å². The van der Waals surface area contributed by atoms with Gasteiger partial charge in [-0.05, 0) is 36.4 Å². The van der Waals surface area contributed by atoms with E-state index in [9.17, 15) is 26.4 Å². The number of hydrogen-bond acceptors (Lipinski definition) is 6. The first-order chi connectivity index (χ1) is 11.0. The van der Waals surface area contributed by atoms with Gasteiger partial charge in [-0.3, -0.25) is 18.7 Å². The van der Waals surface area contributed by atoms with Gasteiger partial charge in [0.15, 0.2) is 11.6 Å². The molecule has 2 aromatic rings. The normalized spacial score (nSPS) is 13.2. The van der Waals surface area contributed by atoms with E-state index in [2.05, 4.69) is 0 Å². The fraction of sp³-hybridized carbons (Fsp3) is 0. The minimum absolute atomic E-state index is 0. The van der Waals surface area contributed by atoms with Crippen molar-refractivity contribution in [2.75, 3.05) is 0 Å². The SMILES string of the molecule is O=C1c2ccc(S(=O)(=O)O)cc2C(=O)c2cc(S(=O)(=O)O)ccc21.[H-].[H-].[Na+].[Na+]. The van der Waals surface area contributed by atoms with Crippen LogP contribution >= 0.6 is 0 Å². The van der Waals surface area contributed by atoms with Gasteiger partial charge in [0.1, 0.15) is 0 Å². The van der Waals surface area contributed by atoms with E-state index in [-0.39, 0.29) is 84.2 Å². The molecule has 1 aliphatic carbocycles. The number of rotatable bonds is 2. The van der Waals surface area contributed by atoms with E-state index >= 15 is 0 Å². The van der Waals surface area contributed by atoms with Crippen LogP contribution in [0, 0.1) is 0 Å². The second kappa shape index (κ2) is 7.92. The van der Waals surface area contributed by atoms with Crippen LogP contribution in [-0.4, -0.2) is 37.5 Å². The largest absolute Gasteiger partial charge is 1.00 e. The van der Waals surface area contributed by atoms with Crippen LogP contribution in [0.3, 0.4) is 0 Å². The van der Waals surface area contributed by atoms with Crippen LogP contribution in [0.5, 0.6) is 0 Å². The molecule has 26 heavy (non-hydrogen) atoms. The molecule has 0 unspecified atom stereocenters. The van der Waals surface area contributed by atoms with Gasteiger partial charge in [-0.1, -0.05) is 0 Å². The van der Waals surface area contributed by atoms with E-state index in [1.54, 1.807) is 0 Å². The zero-order valence-corrected chi connectivity index (χ0v) is 19.3. The van der Waals surface area contributed by atoms with Crippen molar-refractivity contribution in [3.63, 3.8) is 0 Å². The molecule has 128 valence electrons. The van der Waals surface area contributed by atoms with Crippen molar-refractivity contribution in [3.8, 4) is 0 Å². The molecule has 0 heterocycles. The molecule has 0 saturated carbocycles. The molecule has 0 aliphatic heterocycles. The molecular weight excluding hydrogens is 406 g/mol. The minimum Gasteiger partial charge on any atom is -1.00 e. The third-order valence-electron chi connectivity index (χ3n) is 3.56. The number of benzene rings is 2. The van der Waals surface area contributed by atoms with Gasteiger partial charge in [0.25, 0.3) is 20.2 Å². The zero-order valence-electron chi connectivity index (χ0n) is 15.6. The molecule has 12 heteroatoms. The summed E-state index contributed by atoms with van der Waals surface area (Å²) in [7, 11) is -9.17. The van der Waals surface area contributed by atoms with Crippen LogP contribution in [0.1, 0.15) is 34.7 Å². The molecule has 0 radical (unpaired) electrons. The summed E-state index contributed by atoms with van der Waals surface area (Å²) in [5.41, 5.74) is -0.704. The van der Waals surface area contributed by atoms with Crippen LogP contribution in [0.4, 0.5) is 0 Å². The van der Waals surface area contributed by atoms with E-state index in [0.29, 0.717) is 0 Å². The average molecular weight is 416 g/mol. The molecule has 2 aromatic carbocycles. The zero-order chi connectivity index (χ0) is 17.9. The molecular formula is C14H10Na2O8S2. The summed E-state index contributed by atoms with van der Waals surface area (Å²) in [4.78, 5) is 23.8. The predicted molar refractivity (Wildman–Crippen MR) is 81.6 cm³/mol. The van der Waals surface area contributed by atoms with Crippen LogP contribution in [0.2, 0.25) is 0 Å². The van der Waals surface area contributed by atoms with Crippen molar-refractivity contribution < 1.29 is 97.5 Å². The number of carbonyl (C=O) groups is 2. The second-order valence-electron chi connectivity index (χ2n) is 5.02. The Hall–Kier alpha value is -0.400. The van der Waals surface area contributed by atoms with E-state index < -0.39 is 41.6 Å². The Balaban J connectivity index is 0. The fourth-order valence-electron chi connectivity index (χ4n) is 2.43. The Morgan fingerprint density at radius 3 is 1.23 bits per heavy atom. The fourth-order valence-corrected chi connectivity index (χ4v) is 3.44. The molecule has 0 fully saturated rings. The van der Waals surface area contributed by atoms with Gasteiger partial charge in [0.2, 0.25) is 0 Å². The van der Waals surface area contributed by atoms with Gasteiger partial charge in [0.05, 0.1) is 9.79 Å². The maximum atomic E-state index is 12.5. The Bertz CT molecular complexity index is 1060. The number of carbonyl (C=O) groups excluding carboxylic acids is 2. The van der Waals surface area contributed by atoms with Gasteiger partial charge < -0.3 is 2.85 Å². The first-order valence-electron chi connectivity index (χ1n) is 6.32. The molecule has 3 rings (SSSR count). The van der Waals surface area contributed by atoms with E-state index in [1.165, 1.54) is 0 Å². The standard InChI is InChI=1S/C14H8O8S2.2Na.2H/c15-13-9-3-1-7(23(17,18)19)5-11(9)14(16)12-6-8(24(20,21)22)2-4-10(12)13;;;;/h1-6H,(H,17,18,19)(H,20,21,22);;;;/q;2*+1;2*-1. The van der Waals surface area contributed by atoms with Crippen LogP contribution in [-0.2, 0) is 20.2 Å². The maximum Gasteiger partial charge on any atom is 1.00 e. The van der Waals surface area contributed by atoms with Crippen molar-refractivity contribution >= 4 is 31.8 Å². The summed E-state index contributed by atoms with van der Waals surface area (Å²) in [6.45, 7) is 0. The summed E-state index contributed by atoms with van der Waals surface area (Å²) in [6, 6.07) is 5.84. The molecule has 0 spiro atoms. The van der Waals surface area contributed by atoms with Crippen LogP contribution in [0.15, 0.2) is 46.2 Å². The monoisotopic (exact) mass is 416 g/mol. The Kier molecular flexibility index (Phi) is 7.20. The molecule has 0 bridgehead atoms. The summed E-state index contributed by atoms with van der Waals surface area (Å²) < 4.78 is 62.8. The number of ketones is 2. The van der Waals surface area contributed by atoms with Crippen LogP contribution in [0.25, 0.3) is 0 Å². The Labute approximate surface area is 196 Å². The summed E-state index contributed by atoms with van der Waals surface area (Å²) in [6.07, 6.45) is 0. The van der Waals surface area contributed by atoms with Crippen molar-refractivity contribution in [2.45, 2.75) is 9.79 Å². The van der Waals surface area contributed by atoms with Crippen molar-refractivity contribution in [3.05, 3.63) is 58.7 Å². The van der Waals surface area contributed by atoms with Crippen molar-refractivity contribution in [2.24, 2.45) is 0 Å². The van der Waals surface area contributed by atoms with Crippen molar-refractivity contribution in [1.29, 1.82) is 0 Å². The van der Waals surface area contributed by atoms with Crippen LogP contribution < -0.4 is 59.1 Å². The maximum absolute atomic E-state index is 12.5. The third kappa shape index (κ3) is 4.20. The average Bonchev–Trinajstić information content (AvgIpc) is 2.49. The van der Waals surface area contributed by atoms with Gasteiger partial charge in [-0.2, -0.15) is 16.8 Å². The molecule has 1 aliphatic rings. The smallest absolute Gasteiger partial charge is 1.00 e. The first kappa shape index (κ1) is 23.6.